The van der Waals surface area contributed by atoms with E-state index in [1.54, 1.807) is 32.4 Å². The Morgan fingerprint density at radius 1 is 1.00 bits per heavy atom. The van der Waals surface area contributed by atoms with Crippen molar-refractivity contribution in [2.75, 3.05) is 14.2 Å². The molecule has 3 nitrogen and oxygen atoms in total. The van der Waals surface area contributed by atoms with Crippen LogP contribution >= 0.6 is 11.6 Å². The summed E-state index contributed by atoms with van der Waals surface area (Å²) in [6.45, 7) is 0. The van der Waals surface area contributed by atoms with Gasteiger partial charge in [-0.1, -0.05) is 23.7 Å². The number of methoxy groups -OCH3 is 2. The fourth-order valence-electron chi connectivity index (χ4n) is 1.90. The van der Waals surface area contributed by atoms with E-state index in [1.165, 1.54) is 0 Å². The predicted molar refractivity (Wildman–Crippen MR) is 75.4 cm³/mol. The minimum absolute atomic E-state index is 0.534. The molecule has 0 aliphatic heterocycles. The van der Waals surface area contributed by atoms with Crippen molar-refractivity contribution in [3.63, 3.8) is 0 Å². The largest absolute Gasteiger partial charge is 0.493 e. The Labute approximate surface area is 116 Å². The Kier molecular flexibility index (Phi) is 4.07. The van der Waals surface area contributed by atoms with Gasteiger partial charge < -0.3 is 9.47 Å². The van der Waals surface area contributed by atoms with Crippen molar-refractivity contribution < 1.29 is 14.3 Å². The summed E-state index contributed by atoms with van der Waals surface area (Å²) in [6, 6.07) is 10.7. The number of aldehydes is 1. The van der Waals surface area contributed by atoms with Gasteiger partial charge in [0.15, 0.2) is 17.8 Å². The second-order valence-electron chi connectivity index (χ2n) is 3.92. The number of ether oxygens (including phenoxy) is 2. The van der Waals surface area contributed by atoms with Gasteiger partial charge in [0.1, 0.15) is 0 Å². The van der Waals surface area contributed by atoms with Crippen LogP contribution in [0.3, 0.4) is 0 Å². The highest BCUT2D eigenvalue weighted by Gasteiger charge is 2.09. The number of carbonyl (C=O) groups is 1. The zero-order valence-corrected chi connectivity index (χ0v) is 11.4. The molecule has 0 aliphatic rings. The number of carbonyl (C=O) groups excluding carboxylic acids is 1. The molecule has 2 aromatic rings. The standard InChI is InChI=1S/C15H13ClO3/c1-18-14-6-3-10(8-15(14)19-2)13-5-4-12(16)7-11(13)9-17/h3-9H,1-2H3. The maximum absolute atomic E-state index is 11.1. The van der Waals surface area contributed by atoms with Crippen molar-refractivity contribution >= 4 is 17.9 Å². The maximum atomic E-state index is 11.1. The zero-order chi connectivity index (χ0) is 13.8. The van der Waals surface area contributed by atoms with E-state index in [9.17, 15) is 4.79 Å². The van der Waals surface area contributed by atoms with Gasteiger partial charge in [0.2, 0.25) is 0 Å². The lowest BCUT2D eigenvalue weighted by Gasteiger charge is -2.11. The average molecular weight is 277 g/mol. The fourth-order valence-corrected chi connectivity index (χ4v) is 2.08. The van der Waals surface area contributed by atoms with Crippen LogP contribution in [0.5, 0.6) is 11.5 Å². The van der Waals surface area contributed by atoms with Crippen molar-refractivity contribution in [2.24, 2.45) is 0 Å². The van der Waals surface area contributed by atoms with E-state index in [0.717, 1.165) is 17.4 Å². The Morgan fingerprint density at radius 2 is 1.74 bits per heavy atom. The highest BCUT2D eigenvalue weighted by molar-refractivity contribution is 6.31. The van der Waals surface area contributed by atoms with Gasteiger partial charge in [0.25, 0.3) is 0 Å². The molecule has 0 saturated carbocycles. The molecule has 4 heteroatoms. The summed E-state index contributed by atoms with van der Waals surface area (Å²) in [5, 5.41) is 0.534. The van der Waals surface area contributed by atoms with E-state index in [4.69, 9.17) is 21.1 Å². The third-order valence-corrected chi connectivity index (χ3v) is 3.07. The summed E-state index contributed by atoms with van der Waals surface area (Å²) >= 11 is 5.89. The lowest BCUT2D eigenvalue weighted by atomic mass is 10.00. The zero-order valence-electron chi connectivity index (χ0n) is 10.6. The summed E-state index contributed by atoms with van der Waals surface area (Å²) in [5.41, 5.74) is 2.22. The SMILES string of the molecule is COc1ccc(-c2ccc(Cl)cc2C=O)cc1OC. The molecular formula is C15H13ClO3. The highest BCUT2D eigenvalue weighted by Crippen LogP contribution is 2.33. The molecular weight excluding hydrogens is 264 g/mol. The van der Waals surface area contributed by atoms with Crippen LogP contribution in [0.15, 0.2) is 36.4 Å². The molecule has 0 saturated heterocycles. The van der Waals surface area contributed by atoms with Gasteiger partial charge in [-0.3, -0.25) is 4.79 Å². The van der Waals surface area contributed by atoms with Crippen LogP contribution in [0.2, 0.25) is 5.02 Å². The van der Waals surface area contributed by atoms with Gasteiger partial charge in [0, 0.05) is 10.6 Å². The quantitative estimate of drug-likeness (QED) is 0.796. The minimum atomic E-state index is 0.534. The monoisotopic (exact) mass is 276 g/mol. The number of hydrogen-bond acceptors (Lipinski definition) is 3. The topological polar surface area (TPSA) is 35.5 Å². The predicted octanol–water partition coefficient (Wildman–Crippen LogP) is 3.84. The van der Waals surface area contributed by atoms with Crippen molar-refractivity contribution in [2.45, 2.75) is 0 Å². The Hall–Kier alpha value is -2.00. The third-order valence-electron chi connectivity index (χ3n) is 2.84. The smallest absolute Gasteiger partial charge is 0.161 e. The van der Waals surface area contributed by atoms with E-state index in [-0.39, 0.29) is 0 Å². The molecule has 0 radical (unpaired) electrons. The molecule has 2 aromatic carbocycles. The van der Waals surface area contributed by atoms with Crippen LogP contribution in [0.1, 0.15) is 10.4 Å². The van der Waals surface area contributed by atoms with Gasteiger partial charge in [0.05, 0.1) is 14.2 Å². The lowest BCUT2D eigenvalue weighted by molar-refractivity contribution is 0.112. The molecule has 19 heavy (non-hydrogen) atoms. The van der Waals surface area contributed by atoms with Gasteiger partial charge >= 0.3 is 0 Å². The molecule has 0 unspecified atom stereocenters. The number of hydrogen-bond donors (Lipinski definition) is 0. The van der Waals surface area contributed by atoms with Crippen LogP contribution in [-0.4, -0.2) is 20.5 Å². The van der Waals surface area contributed by atoms with Crippen LogP contribution in [-0.2, 0) is 0 Å². The molecule has 98 valence electrons. The fraction of sp³-hybridized carbons (Fsp3) is 0.133. The first-order valence-corrected chi connectivity index (χ1v) is 6.04. The molecule has 0 atom stereocenters. The van der Waals surface area contributed by atoms with Gasteiger partial charge in [-0.2, -0.15) is 0 Å². The number of halogens is 1. The molecule has 2 rings (SSSR count). The van der Waals surface area contributed by atoms with Gasteiger partial charge in [-0.15, -0.1) is 0 Å². The normalized spacial score (nSPS) is 10.1. The first-order chi connectivity index (χ1) is 9.19. The Bertz CT molecular complexity index is 608. The number of rotatable bonds is 4. The summed E-state index contributed by atoms with van der Waals surface area (Å²) < 4.78 is 10.4. The van der Waals surface area contributed by atoms with Crippen LogP contribution in [0, 0.1) is 0 Å². The van der Waals surface area contributed by atoms with Crippen molar-refractivity contribution in [1.82, 2.24) is 0 Å². The second-order valence-corrected chi connectivity index (χ2v) is 4.36. The Morgan fingerprint density at radius 3 is 2.37 bits per heavy atom. The molecule has 0 fully saturated rings. The van der Waals surface area contributed by atoms with E-state index in [0.29, 0.717) is 22.1 Å². The van der Waals surface area contributed by atoms with E-state index in [2.05, 4.69) is 0 Å². The average Bonchev–Trinajstić information content (AvgIpc) is 2.46. The first-order valence-electron chi connectivity index (χ1n) is 5.66. The summed E-state index contributed by atoms with van der Waals surface area (Å²) in [6.07, 6.45) is 0.790. The minimum Gasteiger partial charge on any atom is -0.493 e. The summed E-state index contributed by atoms with van der Waals surface area (Å²) in [4.78, 5) is 11.1. The van der Waals surface area contributed by atoms with Crippen LogP contribution in [0.25, 0.3) is 11.1 Å². The first kappa shape index (κ1) is 13.4. The van der Waals surface area contributed by atoms with E-state index in [1.807, 2.05) is 18.2 Å². The maximum Gasteiger partial charge on any atom is 0.161 e. The highest BCUT2D eigenvalue weighted by atomic mass is 35.5. The summed E-state index contributed by atoms with van der Waals surface area (Å²) in [5.74, 6) is 1.26. The molecule has 0 aromatic heterocycles. The Balaban J connectivity index is 2.56. The summed E-state index contributed by atoms with van der Waals surface area (Å²) in [7, 11) is 3.15. The van der Waals surface area contributed by atoms with Crippen molar-refractivity contribution in [3.8, 4) is 22.6 Å². The van der Waals surface area contributed by atoms with E-state index < -0.39 is 0 Å². The molecule has 0 heterocycles. The van der Waals surface area contributed by atoms with Crippen LogP contribution in [0.4, 0.5) is 0 Å². The third kappa shape index (κ3) is 2.71. The van der Waals surface area contributed by atoms with Gasteiger partial charge in [-0.05, 0) is 35.4 Å². The number of benzene rings is 2. The molecule has 0 bridgehead atoms. The van der Waals surface area contributed by atoms with Crippen molar-refractivity contribution in [3.05, 3.63) is 47.0 Å². The molecule has 0 spiro atoms. The second kappa shape index (κ2) is 5.76. The molecule has 0 N–H and O–H groups in total. The lowest BCUT2D eigenvalue weighted by Crippen LogP contribution is -1.92. The van der Waals surface area contributed by atoms with Gasteiger partial charge in [-0.25, -0.2) is 0 Å². The molecule has 0 amide bonds. The van der Waals surface area contributed by atoms with Crippen LogP contribution < -0.4 is 9.47 Å². The van der Waals surface area contributed by atoms with E-state index >= 15 is 0 Å². The molecule has 0 aliphatic carbocycles. The van der Waals surface area contributed by atoms with Crippen molar-refractivity contribution in [1.29, 1.82) is 0 Å².